The Morgan fingerprint density at radius 1 is 1.69 bits per heavy atom. The number of aliphatic hydroxyl groups excluding tert-OH is 1. The van der Waals surface area contributed by atoms with E-state index in [9.17, 15) is 4.79 Å². The molecule has 2 atom stereocenters. The molecule has 0 saturated carbocycles. The van der Waals surface area contributed by atoms with Gasteiger partial charge in [-0.05, 0) is 19.9 Å². The number of nitrogens with one attached hydrogen (secondary N) is 1. The molecule has 76 valence electrons. The summed E-state index contributed by atoms with van der Waals surface area (Å²) < 4.78 is 0. The van der Waals surface area contributed by atoms with E-state index in [-0.39, 0.29) is 24.6 Å². The van der Waals surface area contributed by atoms with Crippen LogP contribution in [0.15, 0.2) is 0 Å². The third-order valence-corrected chi connectivity index (χ3v) is 2.45. The molecule has 1 saturated heterocycles. The fourth-order valence-electron chi connectivity index (χ4n) is 1.81. The van der Waals surface area contributed by atoms with E-state index in [1.807, 2.05) is 13.8 Å². The van der Waals surface area contributed by atoms with Crippen molar-refractivity contribution in [3.8, 4) is 0 Å². The Bertz CT molecular complexity index is 184. The second-order valence-electron chi connectivity index (χ2n) is 3.53. The standard InChI is InChI=1S/C9H18N2O2/c1-3-11-6-7(2)10-9(13)8(11)4-5-12/h7-8,12H,3-6H2,1-2H3,(H,10,13). The first-order valence-corrected chi connectivity index (χ1v) is 4.84. The Balaban J connectivity index is 2.60. The number of hydrogen-bond acceptors (Lipinski definition) is 3. The maximum Gasteiger partial charge on any atom is 0.237 e. The molecule has 0 aromatic heterocycles. The molecule has 0 spiro atoms. The summed E-state index contributed by atoms with van der Waals surface area (Å²) in [4.78, 5) is 13.6. The van der Waals surface area contributed by atoms with E-state index < -0.39 is 0 Å². The Labute approximate surface area is 78.9 Å². The van der Waals surface area contributed by atoms with Gasteiger partial charge in [0.2, 0.25) is 5.91 Å². The van der Waals surface area contributed by atoms with Crippen molar-refractivity contribution in [1.82, 2.24) is 10.2 Å². The third kappa shape index (κ3) is 2.42. The van der Waals surface area contributed by atoms with E-state index in [4.69, 9.17) is 5.11 Å². The van der Waals surface area contributed by atoms with E-state index >= 15 is 0 Å². The van der Waals surface area contributed by atoms with Crippen LogP contribution >= 0.6 is 0 Å². The van der Waals surface area contributed by atoms with Gasteiger partial charge >= 0.3 is 0 Å². The van der Waals surface area contributed by atoms with Gasteiger partial charge in [-0.2, -0.15) is 0 Å². The number of piperazine rings is 1. The van der Waals surface area contributed by atoms with Gasteiger partial charge in [0.15, 0.2) is 0 Å². The summed E-state index contributed by atoms with van der Waals surface area (Å²) in [5.74, 6) is 0.0506. The Morgan fingerprint density at radius 2 is 2.38 bits per heavy atom. The highest BCUT2D eigenvalue weighted by molar-refractivity contribution is 5.82. The monoisotopic (exact) mass is 186 g/mol. The van der Waals surface area contributed by atoms with Gasteiger partial charge in [0.1, 0.15) is 0 Å². The minimum atomic E-state index is -0.133. The lowest BCUT2D eigenvalue weighted by molar-refractivity contribution is -0.131. The molecule has 0 radical (unpaired) electrons. The highest BCUT2D eigenvalue weighted by atomic mass is 16.3. The van der Waals surface area contributed by atoms with Crippen LogP contribution in [0.25, 0.3) is 0 Å². The van der Waals surface area contributed by atoms with Crippen LogP contribution in [0.3, 0.4) is 0 Å². The van der Waals surface area contributed by atoms with Gasteiger partial charge in [-0.15, -0.1) is 0 Å². The number of nitrogens with zero attached hydrogens (tertiary/aromatic N) is 1. The first-order chi connectivity index (χ1) is 6.19. The molecule has 1 rings (SSSR count). The van der Waals surface area contributed by atoms with E-state index in [0.717, 1.165) is 13.1 Å². The lowest BCUT2D eigenvalue weighted by Gasteiger charge is -2.37. The molecule has 0 aromatic rings. The molecule has 0 bridgehead atoms. The maximum atomic E-state index is 11.5. The summed E-state index contributed by atoms with van der Waals surface area (Å²) in [5.41, 5.74) is 0. The second kappa shape index (κ2) is 4.58. The van der Waals surface area contributed by atoms with Crippen molar-refractivity contribution in [3.63, 3.8) is 0 Å². The van der Waals surface area contributed by atoms with Crippen molar-refractivity contribution in [2.45, 2.75) is 32.4 Å². The highest BCUT2D eigenvalue weighted by Gasteiger charge is 2.30. The molecular formula is C9H18N2O2. The van der Waals surface area contributed by atoms with Gasteiger partial charge < -0.3 is 10.4 Å². The van der Waals surface area contributed by atoms with Gasteiger partial charge in [0.05, 0.1) is 6.04 Å². The number of carbonyl (C=O) groups excluding carboxylic acids is 1. The van der Waals surface area contributed by atoms with Gasteiger partial charge in [-0.3, -0.25) is 9.69 Å². The summed E-state index contributed by atoms with van der Waals surface area (Å²) >= 11 is 0. The minimum Gasteiger partial charge on any atom is -0.396 e. The number of amides is 1. The molecular weight excluding hydrogens is 168 g/mol. The van der Waals surface area contributed by atoms with Crippen molar-refractivity contribution < 1.29 is 9.90 Å². The summed E-state index contributed by atoms with van der Waals surface area (Å²) in [6.07, 6.45) is 0.534. The molecule has 1 fully saturated rings. The van der Waals surface area contributed by atoms with Crippen LogP contribution in [0, 0.1) is 0 Å². The van der Waals surface area contributed by atoms with Gasteiger partial charge in [0.25, 0.3) is 0 Å². The number of hydrogen-bond donors (Lipinski definition) is 2. The first-order valence-electron chi connectivity index (χ1n) is 4.84. The Morgan fingerprint density at radius 3 is 2.92 bits per heavy atom. The lowest BCUT2D eigenvalue weighted by Crippen LogP contribution is -2.59. The second-order valence-corrected chi connectivity index (χ2v) is 3.53. The first kappa shape index (κ1) is 10.5. The predicted molar refractivity (Wildman–Crippen MR) is 50.3 cm³/mol. The zero-order valence-electron chi connectivity index (χ0n) is 8.29. The highest BCUT2D eigenvalue weighted by Crippen LogP contribution is 2.10. The number of rotatable bonds is 3. The van der Waals surface area contributed by atoms with Crippen molar-refractivity contribution in [2.24, 2.45) is 0 Å². The van der Waals surface area contributed by atoms with E-state index in [0.29, 0.717) is 6.42 Å². The van der Waals surface area contributed by atoms with Crippen LogP contribution in [0.2, 0.25) is 0 Å². The molecule has 1 amide bonds. The van der Waals surface area contributed by atoms with Crippen LogP contribution in [0.5, 0.6) is 0 Å². The average molecular weight is 186 g/mol. The summed E-state index contributed by atoms with van der Waals surface area (Å²) in [7, 11) is 0. The zero-order valence-corrected chi connectivity index (χ0v) is 8.29. The van der Waals surface area contributed by atoms with Gasteiger partial charge in [-0.25, -0.2) is 0 Å². The smallest absolute Gasteiger partial charge is 0.237 e. The minimum absolute atomic E-state index is 0.0506. The molecule has 4 nitrogen and oxygen atoms in total. The molecule has 4 heteroatoms. The van der Waals surface area contributed by atoms with E-state index in [1.54, 1.807) is 0 Å². The third-order valence-electron chi connectivity index (χ3n) is 2.45. The maximum absolute atomic E-state index is 11.5. The van der Waals surface area contributed by atoms with Crippen molar-refractivity contribution in [2.75, 3.05) is 19.7 Å². The van der Waals surface area contributed by atoms with Gasteiger partial charge in [-0.1, -0.05) is 6.92 Å². The average Bonchev–Trinajstić information content (AvgIpc) is 2.09. The number of carbonyl (C=O) groups is 1. The Kier molecular flexibility index (Phi) is 3.69. The molecule has 1 heterocycles. The molecule has 2 unspecified atom stereocenters. The van der Waals surface area contributed by atoms with Crippen LogP contribution < -0.4 is 5.32 Å². The summed E-state index contributed by atoms with van der Waals surface area (Å²) in [6.45, 7) is 5.85. The normalized spacial score (nSPS) is 30.2. The predicted octanol–water partition coefficient (Wildman–Crippen LogP) is -0.422. The van der Waals surface area contributed by atoms with Crippen LogP contribution in [0.1, 0.15) is 20.3 Å². The molecule has 0 aromatic carbocycles. The van der Waals surface area contributed by atoms with Crippen molar-refractivity contribution in [1.29, 1.82) is 0 Å². The number of likely N-dealkylation sites (N-methyl/N-ethyl adjacent to an activating group) is 1. The fourth-order valence-corrected chi connectivity index (χ4v) is 1.81. The largest absolute Gasteiger partial charge is 0.396 e. The summed E-state index contributed by atoms with van der Waals surface area (Å²) in [6, 6.07) is 0.0913. The molecule has 1 aliphatic rings. The molecule has 13 heavy (non-hydrogen) atoms. The Hall–Kier alpha value is -0.610. The molecule has 1 aliphatic heterocycles. The number of aliphatic hydroxyl groups is 1. The van der Waals surface area contributed by atoms with Crippen LogP contribution in [-0.2, 0) is 4.79 Å². The lowest BCUT2D eigenvalue weighted by atomic mass is 10.1. The quantitative estimate of drug-likeness (QED) is 0.629. The van der Waals surface area contributed by atoms with Crippen molar-refractivity contribution in [3.05, 3.63) is 0 Å². The summed E-state index contributed by atoms with van der Waals surface area (Å²) in [5, 5.41) is 11.7. The molecule has 0 aliphatic carbocycles. The fraction of sp³-hybridized carbons (Fsp3) is 0.889. The van der Waals surface area contributed by atoms with E-state index in [1.165, 1.54) is 0 Å². The van der Waals surface area contributed by atoms with Crippen LogP contribution in [0.4, 0.5) is 0 Å². The van der Waals surface area contributed by atoms with E-state index in [2.05, 4.69) is 10.2 Å². The SMILES string of the molecule is CCN1CC(C)NC(=O)C1CCO. The molecule has 2 N–H and O–H groups in total. The topological polar surface area (TPSA) is 52.6 Å². The van der Waals surface area contributed by atoms with Crippen molar-refractivity contribution >= 4 is 5.91 Å². The van der Waals surface area contributed by atoms with Gasteiger partial charge in [0, 0.05) is 19.2 Å². The zero-order chi connectivity index (χ0) is 9.84. The van der Waals surface area contributed by atoms with Crippen LogP contribution in [-0.4, -0.2) is 47.7 Å².